The van der Waals surface area contributed by atoms with Crippen molar-refractivity contribution in [3.8, 4) is 0 Å². The summed E-state index contributed by atoms with van der Waals surface area (Å²) in [6.07, 6.45) is 3.43. The van der Waals surface area contributed by atoms with Crippen molar-refractivity contribution in [3.05, 3.63) is 42.5 Å². The second-order valence-corrected chi connectivity index (χ2v) is 3.39. The van der Waals surface area contributed by atoms with Crippen LogP contribution in [0, 0.1) is 6.92 Å². The van der Waals surface area contributed by atoms with Crippen LogP contribution in [-0.4, -0.2) is 9.97 Å². The van der Waals surface area contributed by atoms with Crippen LogP contribution < -0.4 is 16.6 Å². The van der Waals surface area contributed by atoms with Crippen LogP contribution in [0.4, 0.5) is 17.1 Å². The summed E-state index contributed by atoms with van der Waals surface area (Å²) in [7, 11) is 0. The second kappa shape index (κ2) is 4.48. The number of nitrogens with one attached hydrogen (secondary N) is 2. The molecular formula is C11H13N5. The minimum Gasteiger partial charge on any atom is -0.399 e. The standard InChI is InChI=1S/C11H13N5/c1-8-13-6-11(7-14-8)16-15-10-4-2-9(12)3-5-10/h2-7,15-16H,12H2,1H3. The molecular weight excluding hydrogens is 202 g/mol. The number of hydrogen-bond acceptors (Lipinski definition) is 5. The maximum atomic E-state index is 5.58. The highest BCUT2D eigenvalue weighted by Crippen LogP contribution is 2.11. The van der Waals surface area contributed by atoms with Crippen LogP contribution in [0.15, 0.2) is 36.7 Å². The van der Waals surface area contributed by atoms with Crippen LogP contribution in [0.3, 0.4) is 0 Å². The summed E-state index contributed by atoms with van der Waals surface area (Å²) in [5.41, 5.74) is 14.1. The Morgan fingerprint density at radius 2 is 1.50 bits per heavy atom. The molecule has 0 atom stereocenters. The fourth-order valence-electron chi connectivity index (χ4n) is 1.17. The molecule has 2 aromatic rings. The minimum atomic E-state index is 0.740. The SMILES string of the molecule is Cc1ncc(NNc2ccc(N)cc2)cn1. The van der Waals surface area contributed by atoms with Gasteiger partial charge >= 0.3 is 0 Å². The fourth-order valence-corrected chi connectivity index (χ4v) is 1.17. The van der Waals surface area contributed by atoms with E-state index in [1.54, 1.807) is 12.4 Å². The predicted molar refractivity (Wildman–Crippen MR) is 64.9 cm³/mol. The Morgan fingerprint density at radius 3 is 2.12 bits per heavy atom. The van der Waals surface area contributed by atoms with Gasteiger partial charge in [-0.05, 0) is 31.2 Å². The van der Waals surface area contributed by atoms with Gasteiger partial charge in [-0.3, -0.25) is 5.43 Å². The molecule has 0 spiro atoms. The van der Waals surface area contributed by atoms with E-state index in [2.05, 4.69) is 20.8 Å². The second-order valence-electron chi connectivity index (χ2n) is 3.39. The first-order valence-corrected chi connectivity index (χ1v) is 4.90. The number of hydrazine groups is 1. The Hall–Kier alpha value is -2.30. The molecule has 0 saturated heterocycles. The fraction of sp³-hybridized carbons (Fsp3) is 0.0909. The van der Waals surface area contributed by atoms with Crippen molar-refractivity contribution < 1.29 is 0 Å². The third-order valence-electron chi connectivity index (χ3n) is 2.04. The van der Waals surface area contributed by atoms with Crippen molar-refractivity contribution in [2.45, 2.75) is 6.92 Å². The summed E-state index contributed by atoms with van der Waals surface area (Å²) >= 11 is 0. The van der Waals surface area contributed by atoms with Gasteiger partial charge in [0.2, 0.25) is 0 Å². The molecule has 1 aromatic carbocycles. The van der Waals surface area contributed by atoms with Crippen LogP contribution in [0.1, 0.15) is 5.82 Å². The van der Waals surface area contributed by atoms with Crippen LogP contribution in [0.5, 0.6) is 0 Å². The lowest BCUT2D eigenvalue weighted by Crippen LogP contribution is -2.09. The topological polar surface area (TPSA) is 75.9 Å². The molecule has 0 saturated carbocycles. The van der Waals surface area contributed by atoms with Crippen LogP contribution in [-0.2, 0) is 0 Å². The molecule has 0 aliphatic heterocycles. The zero-order valence-electron chi connectivity index (χ0n) is 8.94. The first-order chi connectivity index (χ1) is 7.74. The zero-order chi connectivity index (χ0) is 11.4. The summed E-state index contributed by atoms with van der Waals surface area (Å²) < 4.78 is 0. The lowest BCUT2D eigenvalue weighted by atomic mass is 10.3. The quantitative estimate of drug-likeness (QED) is 0.537. The summed E-state index contributed by atoms with van der Waals surface area (Å²) in [6.45, 7) is 1.84. The summed E-state index contributed by atoms with van der Waals surface area (Å²) in [6, 6.07) is 7.43. The van der Waals surface area contributed by atoms with E-state index in [0.717, 1.165) is 22.9 Å². The van der Waals surface area contributed by atoms with Crippen molar-refractivity contribution in [2.24, 2.45) is 0 Å². The van der Waals surface area contributed by atoms with Crippen LogP contribution in [0.25, 0.3) is 0 Å². The number of hydrogen-bond donors (Lipinski definition) is 3. The largest absolute Gasteiger partial charge is 0.399 e. The van der Waals surface area contributed by atoms with Crippen molar-refractivity contribution in [3.63, 3.8) is 0 Å². The Morgan fingerprint density at radius 1 is 0.938 bits per heavy atom. The Labute approximate surface area is 93.7 Å². The first kappa shape index (κ1) is 10.2. The summed E-state index contributed by atoms with van der Waals surface area (Å²) in [5, 5.41) is 0. The molecule has 2 rings (SSSR count). The predicted octanol–water partition coefficient (Wildman–Crippen LogP) is 1.81. The van der Waals surface area contributed by atoms with Gasteiger partial charge in [0.1, 0.15) is 5.82 Å². The maximum Gasteiger partial charge on any atom is 0.125 e. The minimum absolute atomic E-state index is 0.740. The van der Waals surface area contributed by atoms with Crippen molar-refractivity contribution in [1.82, 2.24) is 9.97 Å². The summed E-state index contributed by atoms with van der Waals surface area (Å²) in [5.74, 6) is 0.748. The molecule has 0 aliphatic carbocycles. The van der Waals surface area contributed by atoms with Gasteiger partial charge in [-0.25, -0.2) is 9.97 Å². The van der Waals surface area contributed by atoms with E-state index < -0.39 is 0 Å². The molecule has 4 N–H and O–H groups in total. The first-order valence-electron chi connectivity index (χ1n) is 4.90. The number of nitrogens with zero attached hydrogens (tertiary/aromatic N) is 2. The molecule has 0 aliphatic rings. The molecule has 16 heavy (non-hydrogen) atoms. The zero-order valence-corrected chi connectivity index (χ0v) is 8.94. The number of anilines is 3. The van der Waals surface area contributed by atoms with Gasteiger partial charge in [0, 0.05) is 5.69 Å². The summed E-state index contributed by atoms with van der Waals surface area (Å²) in [4.78, 5) is 8.14. The van der Waals surface area contributed by atoms with E-state index in [1.807, 2.05) is 31.2 Å². The van der Waals surface area contributed by atoms with Gasteiger partial charge in [0.05, 0.1) is 23.8 Å². The number of nitrogen functional groups attached to an aromatic ring is 1. The normalized spacial score (nSPS) is 9.81. The molecule has 0 bridgehead atoms. The van der Waals surface area contributed by atoms with Gasteiger partial charge in [-0.2, -0.15) is 0 Å². The van der Waals surface area contributed by atoms with Gasteiger partial charge in [0.15, 0.2) is 0 Å². The van der Waals surface area contributed by atoms with E-state index in [9.17, 15) is 0 Å². The van der Waals surface area contributed by atoms with Crippen molar-refractivity contribution >= 4 is 17.1 Å². The number of aryl methyl sites for hydroxylation is 1. The Bertz CT molecular complexity index is 403. The van der Waals surface area contributed by atoms with Crippen LogP contribution >= 0.6 is 0 Å². The van der Waals surface area contributed by atoms with Gasteiger partial charge in [-0.15, -0.1) is 0 Å². The average Bonchev–Trinajstić information content (AvgIpc) is 2.30. The van der Waals surface area contributed by atoms with E-state index in [4.69, 9.17) is 5.73 Å². The van der Waals surface area contributed by atoms with Crippen molar-refractivity contribution in [2.75, 3.05) is 16.6 Å². The molecule has 0 amide bonds. The van der Waals surface area contributed by atoms with Crippen molar-refractivity contribution in [1.29, 1.82) is 0 Å². The lowest BCUT2D eigenvalue weighted by molar-refractivity contribution is 1.05. The monoisotopic (exact) mass is 215 g/mol. The molecule has 1 heterocycles. The highest BCUT2D eigenvalue weighted by Gasteiger charge is 1.93. The molecule has 82 valence electrons. The molecule has 1 aromatic heterocycles. The molecule has 0 fully saturated rings. The smallest absolute Gasteiger partial charge is 0.125 e. The van der Waals surface area contributed by atoms with E-state index >= 15 is 0 Å². The molecule has 0 unspecified atom stereocenters. The molecule has 5 nitrogen and oxygen atoms in total. The lowest BCUT2D eigenvalue weighted by Gasteiger charge is -2.09. The number of aromatic nitrogens is 2. The third kappa shape index (κ3) is 2.60. The maximum absolute atomic E-state index is 5.58. The Kier molecular flexibility index (Phi) is 2.86. The molecule has 5 heteroatoms. The van der Waals surface area contributed by atoms with Gasteiger partial charge in [-0.1, -0.05) is 0 Å². The van der Waals surface area contributed by atoms with E-state index in [0.29, 0.717) is 0 Å². The van der Waals surface area contributed by atoms with Gasteiger partial charge < -0.3 is 11.2 Å². The number of rotatable bonds is 3. The Balaban J connectivity index is 1.97. The van der Waals surface area contributed by atoms with E-state index in [-0.39, 0.29) is 0 Å². The highest BCUT2D eigenvalue weighted by atomic mass is 15.4. The molecule has 0 radical (unpaired) electrons. The third-order valence-corrected chi connectivity index (χ3v) is 2.04. The number of nitrogens with two attached hydrogens (primary N) is 1. The van der Waals surface area contributed by atoms with Gasteiger partial charge in [0.25, 0.3) is 0 Å². The number of benzene rings is 1. The average molecular weight is 215 g/mol. The van der Waals surface area contributed by atoms with Crippen LogP contribution in [0.2, 0.25) is 0 Å². The van der Waals surface area contributed by atoms with E-state index in [1.165, 1.54) is 0 Å². The highest BCUT2D eigenvalue weighted by molar-refractivity contribution is 5.54.